The molecule has 1 aliphatic heterocycles. The zero-order chi connectivity index (χ0) is 11.8. The zero-order valence-corrected chi connectivity index (χ0v) is 10.4. The summed E-state index contributed by atoms with van der Waals surface area (Å²) in [6.07, 6.45) is 5.12. The highest BCUT2D eigenvalue weighted by Gasteiger charge is 2.19. The fraction of sp³-hybridized carbons (Fsp3) is 0.917. The number of hydrogen-bond acceptors (Lipinski definition) is 3. The van der Waals surface area contributed by atoms with E-state index >= 15 is 0 Å². The van der Waals surface area contributed by atoms with Gasteiger partial charge in [0, 0.05) is 13.1 Å². The van der Waals surface area contributed by atoms with Crippen molar-refractivity contribution in [2.24, 2.45) is 11.7 Å². The Balaban J connectivity index is 2.14. The largest absolute Gasteiger partial charge is 0.354 e. The molecule has 1 aliphatic rings. The number of nitrogens with two attached hydrogens (primary N) is 1. The molecule has 1 heterocycles. The molecule has 4 heteroatoms. The highest BCUT2D eigenvalue weighted by atomic mass is 16.2. The van der Waals surface area contributed by atoms with E-state index in [-0.39, 0.29) is 5.91 Å². The van der Waals surface area contributed by atoms with Gasteiger partial charge in [-0.25, -0.2) is 0 Å². The minimum absolute atomic E-state index is 0.111. The molecule has 0 aliphatic carbocycles. The maximum atomic E-state index is 11.5. The predicted molar refractivity (Wildman–Crippen MR) is 66.1 cm³/mol. The lowest BCUT2D eigenvalue weighted by atomic mass is 9.92. The van der Waals surface area contributed by atoms with Gasteiger partial charge in [0.15, 0.2) is 0 Å². The van der Waals surface area contributed by atoms with Crippen molar-refractivity contribution in [2.45, 2.75) is 32.6 Å². The van der Waals surface area contributed by atoms with Crippen molar-refractivity contribution in [3.63, 3.8) is 0 Å². The molecule has 16 heavy (non-hydrogen) atoms. The van der Waals surface area contributed by atoms with Gasteiger partial charge in [-0.3, -0.25) is 9.69 Å². The van der Waals surface area contributed by atoms with Crippen LogP contribution in [0, 0.1) is 5.92 Å². The van der Waals surface area contributed by atoms with Crippen molar-refractivity contribution in [3.8, 4) is 0 Å². The summed E-state index contributed by atoms with van der Waals surface area (Å²) in [6.45, 7) is 6.03. The van der Waals surface area contributed by atoms with Crippen molar-refractivity contribution in [2.75, 3.05) is 32.7 Å². The molecular weight excluding hydrogens is 202 g/mol. The standard InChI is InChI=1S/C12H25N3O/c1-2-3-11-4-8-15(9-5-11)10-12(16)14-7-6-13/h11H,2-10,13H2,1H3,(H,14,16). The predicted octanol–water partition coefficient (Wildman–Crippen LogP) is 0.573. The van der Waals surface area contributed by atoms with E-state index in [1.807, 2.05) is 0 Å². The topological polar surface area (TPSA) is 58.4 Å². The summed E-state index contributed by atoms with van der Waals surface area (Å²) in [5.41, 5.74) is 5.33. The van der Waals surface area contributed by atoms with E-state index in [2.05, 4.69) is 17.1 Å². The maximum Gasteiger partial charge on any atom is 0.234 e. The average Bonchev–Trinajstić information content (AvgIpc) is 2.29. The first-order valence-electron chi connectivity index (χ1n) is 6.45. The van der Waals surface area contributed by atoms with Gasteiger partial charge >= 0.3 is 0 Å². The molecule has 0 aromatic carbocycles. The van der Waals surface area contributed by atoms with Crippen LogP contribution in [0.5, 0.6) is 0 Å². The number of amides is 1. The van der Waals surface area contributed by atoms with Gasteiger partial charge < -0.3 is 11.1 Å². The molecule has 3 N–H and O–H groups in total. The Hall–Kier alpha value is -0.610. The highest BCUT2D eigenvalue weighted by Crippen LogP contribution is 2.21. The molecule has 0 aromatic heterocycles. The normalized spacial score (nSPS) is 18.6. The van der Waals surface area contributed by atoms with Crippen LogP contribution in [0.25, 0.3) is 0 Å². The van der Waals surface area contributed by atoms with Crippen molar-refractivity contribution >= 4 is 5.91 Å². The Labute approximate surface area is 98.6 Å². The molecule has 0 spiro atoms. The first-order chi connectivity index (χ1) is 7.76. The molecule has 1 fully saturated rings. The van der Waals surface area contributed by atoms with E-state index in [0.29, 0.717) is 19.6 Å². The van der Waals surface area contributed by atoms with Gasteiger partial charge in [0.25, 0.3) is 0 Å². The van der Waals surface area contributed by atoms with E-state index < -0.39 is 0 Å². The summed E-state index contributed by atoms with van der Waals surface area (Å²) in [5.74, 6) is 0.993. The summed E-state index contributed by atoms with van der Waals surface area (Å²) in [4.78, 5) is 13.7. The van der Waals surface area contributed by atoms with Crippen molar-refractivity contribution in [1.82, 2.24) is 10.2 Å². The van der Waals surface area contributed by atoms with Gasteiger partial charge in [0.05, 0.1) is 6.54 Å². The molecule has 0 unspecified atom stereocenters. The van der Waals surface area contributed by atoms with Crippen LogP contribution in [0.15, 0.2) is 0 Å². The van der Waals surface area contributed by atoms with Crippen LogP contribution in [0.1, 0.15) is 32.6 Å². The fourth-order valence-electron chi connectivity index (χ4n) is 2.31. The van der Waals surface area contributed by atoms with Crippen LogP contribution in [0.2, 0.25) is 0 Å². The van der Waals surface area contributed by atoms with Gasteiger partial charge in [-0.2, -0.15) is 0 Å². The van der Waals surface area contributed by atoms with Crippen LogP contribution in [0.3, 0.4) is 0 Å². The van der Waals surface area contributed by atoms with Crippen molar-refractivity contribution in [1.29, 1.82) is 0 Å². The summed E-state index contributed by atoms with van der Waals surface area (Å²) >= 11 is 0. The second-order valence-corrected chi connectivity index (χ2v) is 4.65. The van der Waals surface area contributed by atoms with Crippen LogP contribution in [-0.4, -0.2) is 43.5 Å². The molecule has 1 amide bonds. The molecule has 94 valence electrons. The minimum atomic E-state index is 0.111. The number of carbonyl (C=O) groups excluding carboxylic acids is 1. The lowest BCUT2D eigenvalue weighted by Gasteiger charge is -2.31. The number of hydrogen-bond donors (Lipinski definition) is 2. The van der Waals surface area contributed by atoms with Crippen molar-refractivity contribution in [3.05, 3.63) is 0 Å². The Morgan fingerprint density at radius 1 is 1.44 bits per heavy atom. The highest BCUT2D eigenvalue weighted by molar-refractivity contribution is 5.77. The summed E-state index contributed by atoms with van der Waals surface area (Å²) in [7, 11) is 0. The SMILES string of the molecule is CCCC1CCN(CC(=O)NCCN)CC1. The van der Waals surface area contributed by atoms with E-state index in [1.54, 1.807) is 0 Å². The molecule has 0 atom stereocenters. The van der Waals surface area contributed by atoms with Gasteiger partial charge in [0.2, 0.25) is 5.91 Å². The average molecular weight is 227 g/mol. The summed E-state index contributed by atoms with van der Waals surface area (Å²) in [6, 6.07) is 0. The van der Waals surface area contributed by atoms with Gasteiger partial charge in [-0.1, -0.05) is 19.8 Å². The fourth-order valence-corrected chi connectivity index (χ4v) is 2.31. The monoisotopic (exact) mass is 227 g/mol. The smallest absolute Gasteiger partial charge is 0.234 e. The van der Waals surface area contributed by atoms with E-state index in [1.165, 1.54) is 25.7 Å². The number of likely N-dealkylation sites (tertiary alicyclic amines) is 1. The molecule has 0 bridgehead atoms. The Morgan fingerprint density at radius 3 is 2.69 bits per heavy atom. The first kappa shape index (κ1) is 13.5. The van der Waals surface area contributed by atoms with Crippen LogP contribution in [-0.2, 0) is 4.79 Å². The van der Waals surface area contributed by atoms with Crippen molar-refractivity contribution < 1.29 is 4.79 Å². The quantitative estimate of drug-likeness (QED) is 0.697. The van der Waals surface area contributed by atoms with Gasteiger partial charge in [0.1, 0.15) is 0 Å². The lowest BCUT2D eigenvalue weighted by Crippen LogP contribution is -2.42. The molecular formula is C12H25N3O. The molecule has 0 aromatic rings. The number of rotatable bonds is 6. The van der Waals surface area contributed by atoms with Crippen LogP contribution in [0.4, 0.5) is 0 Å². The molecule has 1 saturated heterocycles. The zero-order valence-electron chi connectivity index (χ0n) is 10.4. The van der Waals surface area contributed by atoms with Crippen LogP contribution < -0.4 is 11.1 Å². The third-order valence-electron chi connectivity index (χ3n) is 3.24. The van der Waals surface area contributed by atoms with E-state index in [4.69, 9.17) is 5.73 Å². The Bertz CT molecular complexity index is 200. The van der Waals surface area contributed by atoms with Gasteiger partial charge in [-0.15, -0.1) is 0 Å². The first-order valence-corrected chi connectivity index (χ1v) is 6.45. The Morgan fingerprint density at radius 2 is 2.12 bits per heavy atom. The molecule has 0 radical (unpaired) electrons. The molecule has 1 rings (SSSR count). The number of piperidine rings is 1. The Kier molecular flexibility index (Phi) is 6.42. The number of nitrogens with one attached hydrogen (secondary N) is 1. The van der Waals surface area contributed by atoms with Crippen LogP contribution >= 0.6 is 0 Å². The second-order valence-electron chi connectivity index (χ2n) is 4.65. The number of carbonyl (C=O) groups is 1. The second kappa shape index (κ2) is 7.63. The maximum absolute atomic E-state index is 11.5. The lowest BCUT2D eigenvalue weighted by molar-refractivity contribution is -0.122. The van der Waals surface area contributed by atoms with E-state index in [0.717, 1.165) is 19.0 Å². The summed E-state index contributed by atoms with van der Waals surface area (Å²) in [5, 5.41) is 2.81. The van der Waals surface area contributed by atoms with Gasteiger partial charge in [-0.05, 0) is 31.8 Å². The summed E-state index contributed by atoms with van der Waals surface area (Å²) < 4.78 is 0. The van der Waals surface area contributed by atoms with E-state index in [9.17, 15) is 4.79 Å². The minimum Gasteiger partial charge on any atom is -0.354 e. The number of nitrogens with zero attached hydrogens (tertiary/aromatic N) is 1. The molecule has 4 nitrogen and oxygen atoms in total. The molecule has 0 saturated carbocycles. The third-order valence-corrected chi connectivity index (χ3v) is 3.24. The third kappa shape index (κ3) is 4.94.